The third-order valence-electron chi connectivity index (χ3n) is 6.21. The summed E-state index contributed by atoms with van der Waals surface area (Å²) in [5, 5.41) is 0.593. The van der Waals surface area contributed by atoms with Gasteiger partial charge in [-0.25, -0.2) is 0 Å². The van der Waals surface area contributed by atoms with E-state index < -0.39 is 0 Å². The molecule has 8 heteroatoms. The Morgan fingerprint density at radius 3 is 2.03 bits per heavy atom. The Kier molecular flexibility index (Phi) is 7.26. The lowest BCUT2D eigenvalue weighted by atomic mass is 9.87. The van der Waals surface area contributed by atoms with Crippen LogP contribution in [-0.4, -0.2) is 52.9 Å². The number of nitrogens with zero attached hydrogens (tertiary/aromatic N) is 1. The summed E-state index contributed by atoms with van der Waals surface area (Å²) >= 11 is 6.36. The van der Waals surface area contributed by atoms with Gasteiger partial charge in [0.05, 0.1) is 41.6 Å². The highest BCUT2D eigenvalue weighted by Crippen LogP contribution is 2.43. The van der Waals surface area contributed by atoms with Crippen molar-refractivity contribution in [3.8, 4) is 28.7 Å². The van der Waals surface area contributed by atoms with E-state index in [0.29, 0.717) is 52.3 Å². The molecule has 0 bridgehead atoms. The minimum absolute atomic E-state index is 0.172. The van der Waals surface area contributed by atoms with E-state index in [1.807, 2.05) is 41.3 Å². The molecule has 0 saturated carbocycles. The third-order valence-corrected chi connectivity index (χ3v) is 6.45. The van der Waals surface area contributed by atoms with Crippen molar-refractivity contribution in [2.45, 2.75) is 12.5 Å². The molecular formula is C27H28ClNO6. The molecule has 7 nitrogen and oxygen atoms in total. The van der Waals surface area contributed by atoms with Crippen molar-refractivity contribution in [1.82, 2.24) is 4.90 Å². The summed E-state index contributed by atoms with van der Waals surface area (Å²) in [4.78, 5) is 15.8. The van der Waals surface area contributed by atoms with Crippen LogP contribution in [0.4, 0.5) is 0 Å². The monoisotopic (exact) mass is 497 g/mol. The smallest absolute Gasteiger partial charge is 0.254 e. The molecule has 0 aromatic heterocycles. The van der Waals surface area contributed by atoms with Crippen LogP contribution in [0.1, 0.15) is 33.1 Å². The van der Waals surface area contributed by atoms with Gasteiger partial charge in [0.15, 0.2) is 23.0 Å². The van der Waals surface area contributed by atoms with Crippen LogP contribution >= 0.6 is 11.6 Å². The zero-order valence-electron chi connectivity index (χ0n) is 20.4. The van der Waals surface area contributed by atoms with Gasteiger partial charge in [-0.3, -0.25) is 4.79 Å². The number of carbonyl (C=O) groups excluding carboxylic acids is 1. The Morgan fingerprint density at radius 2 is 1.46 bits per heavy atom. The summed E-state index contributed by atoms with van der Waals surface area (Å²) < 4.78 is 27.5. The van der Waals surface area contributed by atoms with Gasteiger partial charge in [0.25, 0.3) is 5.91 Å². The van der Waals surface area contributed by atoms with E-state index in [0.717, 1.165) is 16.7 Å². The second kappa shape index (κ2) is 10.4. The van der Waals surface area contributed by atoms with Crippen molar-refractivity contribution in [3.05, 3.63) is 75.8 Å². The molecule has 184 valence electrons. The molecule has 0 radical (unpaired) electrons. The molecule has 1 atom stereocenters. The quantitative estimate of drug-likeness (QED) is 0.448. The summed E-state index contributed by atoms with van der Waals surface area (Å²) in [6.07, 6.45) is 0.656. The lowest BCUT2D eigenvalue weighted by Crippen LogP contribution is -2.40. The van der Waals surface area contributed by atoms with Crippen molar-refractivity contribution in [2.24, 2.45) is 0 Å². The molecular weight excluding hydrogens is 470 g/mol. The van der Waals surface area contributed by atoms with Crippen LogP contribution in [0.2, 0.25) is 5.02 Å². The van der Waals surface area contributed by atoms with E-state index in [1.54, 1.807) is 26.4 Å². The van der Waals surface area contributed by atoms with Crippen LogP contribution in [0.3, 0.4) is 0 Å². The predicted molar refractivity (Wildman–Crippen MR) is 134 cm³/mol. The summed E-state index contributed by atoms with van der Waals surface area (Å²) in [5.74, 6) is 2.34. The Labute approximate surface area is 210 Å². The second-order valence-electron chi connectivity index (χ2n) is 8.03. The fourth-order valence-electron chi connectivity index (χ4n) is 4.57. The van der Waals surface area contributed by atoms with Crippen molar-refractivity contribution in [1.29, 1.82) is 0 Å². The molecule has 0 saturated heterocycles. The van der Waals surface area contributed by atoms with Crippen molar-refractivity contribution in [3.63, 3.8) is 0 Å². The number of hydrogen-bond donors (Lipinski definition) is 0. The predicted octanol–water partition coefficient (Wildman–Crippen LogP) is 5.17. The number of fused-ring (bicyclic) bond motifs is 1. The van der Waals surface area contributed by atoms with Crippen molar-refractivity contribution < 1.29 is 28.5 Å². The van der Waals surface area contributed by atoms with E-state index in [1.165, 1.54) is 21.3 Å². The van der Waals surface area contributed by atoms with Gasteiger partial charge < -0.3 is 28.6 Å². The van der Waals surface area contributed by atoms with Gasteiger partial charge in [0.1, 0.15) is 0 Å². The molecule has 0 spiro atoms. The Balaban J connectivity index is 1.86. The molecule has 0 N–H and O–H groups in total. The molecule has 35 heavy (non-hydrogen) atoms. The maximum atomic E-state index is 14.0. The number of rotatable bonds is 7. The molecule has 0 aliphatic carbocycles. The molecule has 0 unspecified atom stereocenters. The standard InChI is InChI=1S/C27H28ClNO6/c1-31-21-12-16-9-10-29(27(30)18-13-23(33-3)26(35-5)24(14-18)34-4)25(20(16)15-22(21)32-2)17-7-6-8-19(28)11-17/h6-8,11-15,25H,9-10H2,1-5H3/t25-/m0/s1. The number of hydrogen-bond acceptors (Lipinski definition) is 6. The normalized spacial score (nSPS) is 14.7. The minimum atomic E-state index is -0.385. The van der Waals surface area contributed by atoms with Gasteiger partial charge in [-0.2, -0.15) is 0 Å². The highest BCUT2D eigenvalue weighted by molar-refractivity contribution is 6.30. The first-order chi connectivity index (χ1) is 16.9. The lowest BCUT2D eigenvalue weighted by Gasteiger charge is -2.38. The summed E-state index contributed by atoms with van der Waals surface area (Å²) in [7, 11) is 7.79. The minimum Gasteiger partial charge on any atom is -0.493 e. The van der Waals surface area contributed by atoms with Crippen LogP contribution < -0.4 is 23.7 Å². The molecule has 1 aliphatic rings. The third kappa shape index (κ3) is 4.56. The van der Waals surface area contributed by atoms with Crippen LogP contribution in [0.25, 0.3) is 0 Å². The molecule has 1 aliphatic heterocycles. The Bertz CT molecular complexity index is 1220. The van der Waals surface area contributed by atoms with Crippen LogP contribution in [0.5, 0.6) is 28.7 Å². The fraction of sp³-hybridized carbons (Fsp3) is 0.296. The second-order valence-corrected chi connectivity index (χ2v) is 8.46. The Hall–Kier alpha value is -3.58. The van der Waals surface area contributed by atoms with E-state index >= 15 is 0 Å². The maximum absolute atomic E-state index is 14.0. The van der Waals surface area contributed by atoms with Gasteiger partial charge in [-0.15, -0.1) is 0 Å². The van der Waals surface area contributed by atoms with Crippen LogP contribution in [0, 0.1) is 0 Å². The van der Waals surface area contributed by atoms with Gasteiger partial charge in [0.2, 0.25) is 5.75 Å². The van der Waals surface area contributed by atoms with Crippen LogP contribution in [-0.2, 0) is 6.42 Å². The van der Waals surface area contributed by atoms with Crippen molar-refractivity contribution in [2.75, 3.05) is 42.1 Å². The average Bonchev–Trinajstić information content (AvgIpc) is 2.90. The molecule has 3 aromatic rings. The zero-order valence-corrected chi connectivity index (χ0v) is 21.1. The molecule has 4 rings (SSSR count). The summed E-state index contributed by atoms with van der Waals surface area (Å²) in [5.41, 5.74) is 3.36. The highest BCUT2D eigenvalue weighted by atomic mass is 35.5. The SMILES string of the molecule is COc1cc2c(cc1OC)[C@H](c1cccc(Cl)c1)N(C(=O)c1cc(OC)c(OC)c(OC)c1)CC2. The van der Waals surface area contributed by atoms with E-state index in [-0.39, 0.29) is 11.9 Å². The molecule has 3 aromatic carbocycles. The van der Waals surface area contributed by atoms with Gasteiger partial charge in [-0.1, -0.05) is 23.7 Å². The summed E-state index contributed by atoms with van der Waals surface area (Å²) in [6.45, 7) is 0.495. The highest BCUT2D eigenvalue weighted by Gasteiger charge is 2.34. The lowest BCUT2D eigenvalue weighted by molar-refractivity contribution is 0.0693. The van der Waals surface area contributed by atoms with Gasteiger partial charge in [0, 0.05) is 17.1 Å². The first-order valence-electron chi connectivity index (χ1n) is 11.1. The van der Waals surface area contributed by atoms with Gasteiger partial charge in [-0.05, 0) is 59.5 Å². The van der Waals surface area contributed by atoms with Crippen molar-refractivity contribution >= 4 is 17.5 Å². The topological polar surface area (TPSA) is 66.5 Å². The van der Waals surface area contributed by atoms with Crippen LogP contribution in [0.15, 0.2) is 48.5 Å². The number of ether oxygens (including phenoxy) is 5. The first-order valence-corrected chi connectivity index (χ1v) is 11.4. The molecule has 1 amide bonds. The fourth-order valence-corrected chi connectivity index (χ4v) is 4.77. The van der Waals surface area contributed by atoms with E-state index in [9.17, 15) is 4.79 Å². The van der Waals surface area contributed by atoms with Gasteiger partial charge >= 0.3 is 0 Å². The first kappa shape index (κ1) is 24.5. The average molecular weight is 498 g/mol. The molecule has 1 heterocycles. The summed E-state index contributed by atoms with van der Waals surface area (Å²) in [6, 6.07) is 14.4. The number of carbonyl (C=O) groups is 1. The largest absolute Gasteiger partial charge is 0.493 e. The molecule has 0 fully saturated rings. The number of methoxy groups -OCH3 is 5. The van der Waals surface area contributed by atoms with E-state index in [4.69, 9.17) is 35.3 Å². The number of halogens is 1. The zero-order chi connectivity index (χ0) is 25.1. The maximum Gasteiger partial charge on any atom is 0.254 e. The van der Waals surface area contributed by atoms with E-state index in [2.05, 4.69) is 0 Å². The Morgan fingerprint density at radius 1 is 0.829 bits per heavy atom. The number of benzene rings is 3. The number of amides is 1.